The Labute approximate surface area is 110 Å². The summed E-state index contributed by atoms with van der Waals surface area (Å²) in [6.07, 6.45) is 2.34. The second-order valence-electron chi connectivity index (χ2n) is 4.93. The summed E-state index contributed by atoms with van der Waals surface area (Å²) in [5.74, 6) is -1.52. The van der Waals surface area contributed by atoms with E-state index in [1.807, 2.05) is 0 Å². The number of piperidine rings is 1. The lowest BCUT2D eigenvalue weighted by Crippen LogP contribution is -2.40. The predicted octanol–water partition coefficient (Wildman–Crippen LogP) is 1.74. The van der Waals surface area contributed by atoms with E-state index in [9.17, 15) is 13.6 Å². The second kappa shape index (κ2) is 6.10. The Kier molecular flexibility index (Phi) is 4.47. The van der Waals surface area contributed by atoms with E-state index in [2.05, 4.69) is 0 Å². The molecular weight excluding hydrogens is 252 g/mol. The van der Waals surface area contributed by atoms with Gasteiger partial charge in [-0.25, -0.2) is 8.78 Å². The molecule has 1 aliphatic heterocycles. The van der Waals surface area contributed by atoms with Gasteiger partial charge in [0.05, 0.1) is 0 Å². The van der Waals surface area contributed by atoms with Crippen LogP contribution in [0.5, 0.6) is 0 Å². The van der Waals surface area contributed by atoms with E-state index in [0.29, 0.717) is 25.4 Å². The van der Waals surface area contributed by atoms with E-state index in [1.54, 1.807) is 11.0 Å². The minimum Gasteiger partial charge on any atom is -0.387 e. The number of carbonyl (C=O) groups is 1. The van der Waals surface area contributed by atoms with Crippen LogP contribution in [0.2, 0.25) is 0 Å². The molecular formula is C14H17F2NO2. The monoisotopic (exact) mass is 269 g/mol. The number of hydrogen-bond acceptors (Lipinski definition) is 2. The van der Waals surface area contributed by atoms with E-state index in [4.69, 9.17) is 5.11 Å². The molecule has 0 atom stereocenters. The van der Waals surface area contributed by atoms with Crippen molar-refractivity contribution in [3.8, 4) is 0 Å². The van der Waals surface area contributed by atoms with Crippen LogP contribution in [-0.4, -0.2) is 35.6 Å². The van der Waals surface area contributed by atoms with Crippen LogP contribution in [-0.2, 0) is 11.2 Å². The number of hydrogen-bond donors (Lipinski definition) is 1. The van der Waals surface area contributed by atoms with Gasteiger partial charge in [0.2, 0.25) is 5.91 Å². The van der Waals surface area contributed by atoms with Gasteiger partial charge in [0.15, 0.2) is 11.6 Å². The topological polar surface area (TPSA) is 40.5 Å². The van der Waals surface area contributed by atoms with E-state index >= 15 is 0 Å². The molecule has 2 rings (SSSR count). The largest absolute Gasteiger partial charge is 0.387 e. The fourth-order valence-corrected chi connectivity index (χ4v) is 2.49. The number of aliphatic hydroxyl groups excluding tert-OH is 1. The average Bonchev–Trinajstić information content (AvgIpc) is 2.43. The van der Waals surface area contributed by atoms with E-state index in [-0.39, 0.29) is 5.91 Å². The van der Waals surface area contributed by atoms with Gasteiger partial charge in [-0.1, -0.05) is 6.07 Å². The van der Waals surface area contributed by atoms with Crippen LogP contribution in [0.25, 0.3) is 0 Å². The van der Waals surface area contributed by atoms with Crippen molar-refractivity contribution in [3.05, 3.63) is 35.4 Å². The Hall–Kier alpha value is -1.49. The molecule has 0 saturated carbocycles. The molecule has 104 valence electrons. The minimum absolute atomic E-state index is 0.244. The average molecular weight is 269 g/mol. The number of likely N-dealkylation sites (tertiary alicyclic amines) is 1. The number of nitrogens with zero attached hydrogens (tertiary/aromatic N) is 1. The Balaban J connectivity index is 1.88. The fourth-order valence-electron chi connectivity index (χ4n) is 2.49. The molecule has 1 N–H and O–H groups in total. The van der Waals surface area contributed by atoms with Crippen LogP contribution in [0.15, 0.2) is 18.2 Å². The highest BCUT2D eigenvalue weighted by Gasteiger charge is 2.22. The van der Waals surface area contributed by atoms with Gasteiger partial charge in [0, 0.05) is 13.1 Å². The molecule has 0 radical (unpaired) electrons. The zero-order chi connectivity index (χ0) is 13.8. The lowest BCUT2D eigenvalue weighted by atomic mass is 9.90. The molecule has 0 aliphatic carbocycles. The second-order valence-corrected chi connectivity index (χ2v) is 4.93. The zero-order valence-corrected chi connectivity index (χ0v) is 10.6. The van der Waals surface area contributed by atoms with Crippen molar-refractivity contribution in [1.82, 2.24) is 4.90 Å². The first-order chi connectivity index (χ1) is 9.10. The van der Waals surface area contributed by atoms with E-state index in [1.165, 1.54) is 6.07 Å². The molecule has 1 aliphatic rings. The summed E-state index contributed by atoms with van der Waals surface area (Å²) in [6.45, 7) is 0.787. The number of halogens is 2. The third-order valence-corrected chi connectivity index (χ3v) is 3.61. The number of benzene rings is 1. The Morgan fingerprint density at radius 3 is 2.53 bits per heavy atom. The van der Waals surface area contributed by atoms with Crippen molar-refractivity contribution < 1.29 is 18.7 Å². The van der Waals surface area contributed by atoms with Gasteiger partial charge < -0.3 is 10.0 Å². The molecule has 1 heterocycles. The van der Waals surface area contributed by atoms with Gasteiger partial charge >= 0.3 is 0 Å². The predicted molar refractivity (Wildman–Crippen MR) is 66.5 cm³/mol. The van der Waals surface area contributed by atoms with Crippen LogP contribution >= 0.6 is 0 Å². The quantitative estimate of drug-likeness (QED) is 0.908. The SMILES string of the molecule is O=C(CO)N1CCC(Cc2ccc(F)c(F)c2)CC1. The number of aliphatic hydroxyl groups is 1. The normalized spacial score (nSPS) is 16.7. The molecule has 1 amide bonds. The van der Waals surface area contributed by atoms with Gasteiger partial charge in [0.1, 0.15) is 6.61 Å². The molecule has 1 aromatic carbocycles. The van der Waals surface area contributed by atoms with Crippen molar-refractivity contribution >= 4 is 5.91 Å². The van der Waals surface area contributed by atoms with E-state index < -0.39 is 18.2 Å². The Morgan fingerprint density at radius 2 is 1.95 bits per heavy atom. The number of rotatable bonds is 3. The van der Waals surface area contributed by atoms with Gasteiger partial charge in [-0.15, -0.1) is 0 Å². The maximum Gasteiger partial charge on any atom is 0.248 e. The lowest BCUT2D eigenvalue weighted by Gasteiger charge is -2.31. The summed E-state index contributed by atoms with van der Waals surface area (Å²) in [4.78, 5) is 12.9. The van der Waals surface area contributed by atoms with Gasteiger partial charge in [-0.2, -0.15) is 0 Å². The summed E-state index contributed by atoms with van der Waals surface area (Å²) in [6, 6.07) is 3.99. The van der Waals surface area contributed by atoms with Crippen molar-refractivity contribution in [3.63, 3.8) is 0 Å². The number of carbonyl (C=O) groups excluding carboxylic acids is 1. The maximum absolute atomic E-state index is 13.1. The van der Waals surface area contributed by atoms with Crippen molar-refractivity contribution in [2.45, 2.75) is 19.3 Å². The third-order valence-electron chi connectivity index (χ3n) is 3.61. The molecule has 5 heteroatoms. The summed E-state index contributed by atoms with van der Waals surface area (Å²) in [7, 11) is 0. The summed E-state index contributed by atoms with van der Waals surface area (Å²) >= 11 is 0. The lowest BCUT2D eigenvalue weighted by molar-refractivity contribution is -0.135. The zero-order valence-electron chi connectivity index (χ0n) is 10.6. The van der Waals surface area contributed by atoms with Crippen molar-refractivity contribution in [2.75, 3.05) is 19.7 Å². The first-order valence-corrected chi connectivity index (χ1v) is 6.42. The molecule has 0 bridgehead atoms. The molecule has 1 saturated heterocycles. The Morgan fingerprint density at radius 1 is 1.26 bits per heavy atom. The molecule has 19 heavy (non-hydrogen) atoms. The summed E-state index contributed by atoms with van der Waals surface area (Å²) in [5.41, 5.74) is 0.783. The van der Waals surface area contributed by atoms with E-state index in [0.717, 1.165) is 24.5 Å². The third kappa shape index (κ3) is 3.50. The van der Waals surface area contributed by atoms with Gasteiger partial charge in [-0.05, 0) is 42.9 Å². The maximum atomic E-state index is 13.1. The minimum atomic E-state index is -0.827. The summed E-state index contributed by atoms with van der Waals surface area (Å²) < 4.78 is 25.9. The highest BCUT2D eigenvalue weighted by molar-refractivity contribution is 5.77. The van der Waals surface area contributed by atoms with Crippen LogP contribution in [0.1, 0.15) is 18.4 Å². The molecule has 0 aromatic heterocycles. The molecule has 0 spiro atoms. The first kappa shape index (κ1) is 13.9. The standard InChI is InChI=1S/C14H17F2NO2/c15-12-2-1-11(8-13(12)16)7-10-3-5-17(6-4-10)14(19)9-18/h1-2,8,10,18H,3-7,9H2. The van der Waals surface area contributed by atoms with Crippen LogP contribution < -0.4 is 0 Å². The van der Waals surface area contributed by atoms with Crippen molar-refractivity contribution in [2.24, 2.45) is 5.92 Å². The van der Waals surface area contributed by atoms with Gasteiger partial charge in [0.25, 0.3) is 0 Å². The highest BCUT2D eigenvalue weighted by Crippen LogP contribution is 2.22. The summed E-state index contributed by atoms with van der Waals surface area (Å²) in [5, 5.41) is 8.78. The molecule has 3 nitrogen and oxygen atoms in total. The highest BCUT2D eigenvalue weighted by atomic mass is 19.2. The molecule has 0 unspecified atom stereocenters. The first-order valence-electron chi connectivity index (χ1n) is 6.42. The van der Waals surface area contributed by atoms with Crippen molar-refractivity contribution in [1.29, 1.82) is 0 Å². The number of amides is 1. The van der Waals surface area contributed by atoms with Gasteiger partial charge in [-0.3, -0.25) is 4.79 Å². The van der Waals surface area contributed by atoms with Crippen LogP contribution in [0.3, 0.4) is 0 Å². The molecule has 1 aromatic rings. The molecule has 1 fully saturated rings. The van der Waals surface area contributed by atoms with Crippen LogP contribution in [0.4, 0.5) is 8.78 Å². The van der Waals surface area contributed by atoms with Crippen LogP contribution in [0, 0.1) is 17.6 Å². The smallest absolute Gasteiger partial charge is 0.248 e. The fraction of sp³-hybridized carbons (Fsp3) is 0.500. The Bertz CT molecular complexity index is 457.